The molecule has 0 N–H and O–H groups in total. The summed E-state index contributed by atoms with van der Waals surface area (Å²) < 4.78 is 0. The highest BCUT2D eigenvalue weighted by molar-refractivity contribution is 6.17. The van der Waals surface area contributed by atoms with E-state index in [4.69, 9.17) is 11.6 Å². The van der Waals surface area contributed by atoms with Crippen molar-refractivity contribution in [3.8, 4) is 0 Å². The molecule has 16 heavy (non-hydrogen) atoms. The van der Waals surface area contributed by atoms with E-state index < -0.39 is 0 Å². The molecule has 0 saturated heterocycles. The Morgan fingerprint density at radius 1 is 1.06 bits per heavy atom. The van der Waals surface area contributed by atoms with Crippen molar-refractivity contribution in [2.45, 2.75) is 32.1 Å². The highest BCUT2D eigenvalue weighted by atomic mass is 35.5. The summed E-state index contributed by atoms with van der Waals surface area (Å²) in [5.74, 6) is 0.812. The van der Waals surface area contributed by atoms with Gasteiger partial charge in [0.15, 0.2) is 0 Å². The van der Waals surface area contributed by atoms with Gasteiger partial charge in [0, 0.05) is 24.7 Å². The second-order valence-electron chi connectivity index (χ2n) is 4.47. The van der Waals surface area contributed by atoms with Crippen LogP contribution in [0.1, 0.15) is 31.2 Å². The van der Waals surface area contributed by atoms with Gasteiger partial charge in [0.25, 0.3) is 0 Å². The molecular weight excluding hydrogens is 218 g/mol. The third-order valence-electron chi connectivity index (χ3n) is 3.30. The molecule has 1 nitrogen and oxygen atoms in total. The first kappa shape index (κ1) is 11.8. The van der Waals surface area contributed by atoms with Crippen LogP contribution in [-0.4, -0.2) is 19.0 Å². The van der Waals surface area contributed by atoms with E-state index in [0.29, 0.717) is 0 Å². The van der Waals surface area contributed by atoms with Crippen molar-refractivity contribution in [3.05, 3.63) is 29.8 Å². The molecule has 2 rings (SSSR count). The summed E-state index contributed by atoms with van der Waals surface area (Å²) in [6.45, 7) is 2.41. The maximum atomic E-state index is 5.66. The average Bonchev–Trinajstić information content (AvgIpc) is 2.73. The van der Waals surface area contributed by atoms with Gasteiger partial charge in [-0.3, -0.25) is 0 Å². The van der Waals surface area contributed by atoms with Crippen molar-refractivity contribution in [2.24, 2.45) is 0 Å². The van der Waals surface area contributed by atoms with Gasteiger partial charge in [-0.2, -0.15) is 0 Å². The van der Waals surface area contributed by atoms with Crippen molar-refractivity contribution in [2.75, 3.05) is 23.9 Å². The van der Waals surface area contributed by atoms with Crippen molar-refractivity contribution in [1.29, 1.82) is 0 Å². The topological polar surface area (TPSA) is 3.24 Å². The second-order valence-corrected chi connectivity index (χ2v) is 4.85. The summed E-state index contributed by atoms with van der Waals surface area (Å²) in [6, 6.07) is 8.79. The van der Waals surface area contributed by atoms with E-state index in [1.807, 2.05) is 0 Å². The predicted molar refractivity (Wildman–Crippen MR) is 71.5 cm³/mol. The van der Waals surface area contributed by atoms with Crippen LogP contribution < -0.4 is 4.90 Å². The number of unbranched alkanes of at least 4 members (excludes halogenated alkanes) is 3. The molecule has 0 amide bonds. The third-order valence-corrected chi connectivity index (χ3v) is 3.56. The van der Waals surface area contributed by atoms with E-state index >= 15 is 0 Å². The molecule has 0 saturated carbocycles. The molecule has 0 spiro atoms. The lowest BCUT2D eigenvalue weighted by atomic mass is 10.1. The van der Waals surface area contributed by atoms with Gasteiger partial charge in [-0.05, 0) is 30.9 Å². The molecule has 0 fully saturated rings. The number of anilines is 1. The summed E-state index contributed by atoms with van der Waals surface area (Å²) >= 11 is 5.66. The summed E-state index contributed by atoms with van der Waals surface area (Å²) in [6.07, 6.45) is 6.27. The smallest absolute Gasteiger partial charge is 0.0399 e. The number of para-hydroxylation sites is 1. The quantitative estimate of drug-likeness (QED) is 0.537. The minimum atomic E-state index is 0.812. The highest BCUT2D eigenvalue weighted by Gasteiger charge is 2.16. The molecule has 2 heteroatoms. The fraction of sp³-hybridized carbons (Fsp3) is 0.571. The Hall–Kier alpha value is -0.690. The fourth-order valence-corrected chi connectivity index (χ4v) is 2.58. The molecule has 1 aromatic carbocycles. The number of nitrogens with zero attached hydrogens (tertiary/aromatic N) is 1. The minimum absolute atomic E-state index is 0.812. The lowest BCUT2D eigenvalue weighted by Crippen LogP contribution is -2.21. The molecule has 1 aromatic rings. The first-order valence-electron chi connectivity index (χ1n) is 6.30. The van der Waals surface area contributed by atoms with Crippen molar-refractivity contribution in [3.63, 3.8) is 0 Å². The molecule has 0 unspecified atom stereocenters. The van der Waals surface area contributed by atoms with Crippen LogP contribution in [0.5, 0.6) is 0 Å². The molecule has 0 radical (unpaired) electrons. The Labute approximate surface area is 103 Å². The molecule has 1 heterocycles. The van der Waals surface area contributed by atoms with E-state index in [9.17, 15) is 0 Å². The van der Waals surface area contributed by atoms with Crippen LogP contribution >= 0.6 is 11.6 Å². The van der Waals surface area contributed by atoms with Gasteiger partial charge < -0.3 is 4.90 Å². The van der Waals surface area contributed by atoms with Gasteiger partial charge in [-0.15, -0.1) is 11.6 Å². The third kappa shape index (κ3) is 2.91. The van der Waals surface area contributed by atoms with E-state index in [-0.39, 0.29) is 0 Å². The zero-order chi connectivity index (χ0) is 11.2. The zero-order valence-electron chi connectivity index (χ0n) is 9.79. The number of hydrogen-bond acceptors (Lipinski definition) is 1. The van der Waals surface area contributed by atoms with Gasteiger partial charge in [0.2, 0.25) is 0 Å². The van der Waals surface area contributed by atoms with Crippen LogP contribution in [0.4, 0.5) is 5.69 Å². The first-order valence-corrected chi connectivity index (χ1v) is 6.84. The van der Waals surface area contributed by atoms with Crippen molar-refractivity contribution in [1.82, 2.24) is 0 Å². The Balaban J connectivity index is 1.76. The monoisotopic (exact) mass is 237 g/mol. The van der Waals surface area contributed by atoms with Crippen LogP contribution in [0.15, 0.2) is 24.3 Å². The SMILES string of the molecule is ClCCCCCCN1CCc2ccccc21. The summed E-state index contributed by atoms with van der Waals surface area (Å²) in [4.78, 5) is 2.52. The largest absolute Gasteiger partial charge is 0.371 e. The number of rotatable bonds is 6. The minimum Gasteiger partial charge on any atom is -0.371 e. The molecular formula is C14H20ClN. The van der Waals surface area contributed by atoms with Crippen molar-refractivity contribution >= 4 is 17.3 Å². The van der Waals surface area contributed by atoms with Gasteiger partial charge in [-0.25, -0.2) is 0 Å². The molecule has 0 aromatic heterocycles. The molecule has 0 atom stereocenters. The first-order chi connectivity index (χ1) is 7.92. The summed E-state index contributed by atoms with van der Waals surface area (Å²) in [7, 11) is 0. The van der Waals surface area contributed by atoms with Crippen molar-refractivity contribution < 1.29 is 0 Å². The van der Waals surface area contributed by atoms with Crippen LogP contribution in [-0.2, 0) is 6.42 Å². The van der Waals surface area contributed by atoms with Crippen LogP contribution in [0, 0.1) is 0 Å². The molecule has 1 aliphatic rings. The Kier molecular flexibility index (Phi) is 4.53. The molecule has 1 aliphatic heterocycles. The normalized spacial score (nSPS) is 14.2. The Morgan fingerprint density at radius 2 is 1.88 bits per heavy atom. The van der Waals surface area contributed by atoms with Crippen LogP contribution in [0.2, 0.25) is 0 Å². The molecule has 0 bridgehead atoms. The number of alkyl halides is 1. The summed E-state index contributed by atoms with van der Waals surface area (Å²) in [5.41, 5.74) is 2.98. The van der Waals surface area contributed by atoms with E-state index in [1.165, 1.54) is 50.0 Å². The second kappa shape index (κ2) is 6.15. The number of hydrogen-bond donors (Lipinski definition) is 0. The number of halogens is 1. The Bertz CT molecular complexity index is 324. The van der Waals surface area contributed by atoms with E-state index in [2.05, 4.69) is 29.2 Å². The highest BCUT2D eigenvalue weighted by Crippen LogP contribution is 2.27. The molecule has 88 valence electrons. The van der Waals surface area contributed by atoms with Gasteiger partial charge >= 0.3 is 0 Å². The maximum absolute atomic E-state index is 5.66. The van der Waals surface area contributed by atoms with E-state index in [1.54, 1.807) is 0 Å². The predicted octanol–water partition coefficient (Wildman–Crippen LogP) is 3.85. The molecule has 0 aliphatic carbocycles. The lowest BCUT2D eigenvalue weighted by Gasteiger charge is -2.19. The standard InChI is InChI=1S/C14H20ClN/c15-10-5-1-2-6-11-16-12-9-13-7-3-4-8-14(13)16/h3-4,7-8H,1-2,5-6,9-12H2. The lowest BCUT2D eigenvalue weighted by molar-refractivity contribution is 0.653. The summed E-state index contributed by atoms with van der Waals surface area (Å²) in [5, 5.41) is 0. The van der Waals surface area contributed by atoms with Crippen LogP contribution in [0.3, 0.4) is 0 Å². The van der Waals surface area contributed by atoms with E-state index in [0.717, 1.165) is 12.3 Å². The van der Waals surface area contributed by atoms with Crippen LogP contribution in [0.25, 0.3) is 0 Å². The van der Waals surface area contributed by atoms with Gasteiger partial charge in [0.1, 0.15) is 0 Å². The van der Waals surface area contributed by atoms with Gasteiger partial charge in [-0.1, -0.05) is 31.0 Å². The average molecular weight is 238 g/mol. The Morgan fingerprint density at radius 3 is 2.75 bits per heavy atom. The number of fused-ring (bicyclic) bond motifs is 1. The van der Waals surface area contributed by atoms with Gasteiger partial charge in [0.05, 0.1) is 0 Å². The zero-order valence-corrected chi connectivity index (χ0v) is 10.5. The fourth-order valence-electron chi connectivity index (χ4n) is 2.39. The number of benzene rings is 1. The maximum Gasteiger partial charge on any atom is 0.0399 e.